The molecule has 12 aliphatic rings. The lowest BCUT2D eigenvalue weighted by Crippen LogP contribution is -2.65. The van der Waals surface area contributed by atoms with Gasteiger partial charge in [0.15, 0.2) is 0 Å². The lowest BCUT2D eigenvalue weighted by Gasteiger charge is -2.64. The molecular weight excluding hydrogens is 673 g/mol. The third kappa shape index (κ3) is 3.84. The highest BCUT2D eigenvalue weighted by Gasteiger charge is 2.83. The van der Waals surface area contributed by atoms with Gasteiger partial charge in [-0.2, -0.15) is 0 Å². The number of rotatable bonds is 2. The van der Waals surface area contributed by atoms with Crippen LogP contribution in [0.3, 0.4) is 0 Å². The molecule has 12 aliphatic carbocycles. The molecule has 0 bridgehead atoms. The summed E-state index contributed by atoms with van der Waals surface area (Å²) in [5, 5.41) is 47.0. The van der Waals surface area contributed by atoms with Crippen LogP contribution >= 0.6 is 0 Å². The molecule has 0 aliphatic heterocycles. The van der Waals surface area contributed by atoms with Crippen molar-refractivity contribution < 1.29 is 30.0 Å². The second-order valence-electron chi connectivity index (χ2n) is 23.3. The maximum absolute atomic E-state index is 12.2. The van der Waals surface area contributed by atoms with Crippen LogP contribution in [0.4, 0.5) is 0 Å². The fourth-order valence-electron chi connectivity index (χ4n) is 19.4. The normalized spacial score (nSPS) is 65.2. The number of carbonyl (C=O) groups is 2. The summed E-state index contributed by atoms with van der Waals surface area (Å²) in [5.41, 5.74) is -3.05. The molecule has 0 aromatic heterocycles. The monoisotopic (exact) mass is 741 g/mol. The molecule has 0 aromatic rings. The van der Waals surface area contributed by atoms with Gasteiger partial charge < -0.3 is 20.4 Å². The van der Waals surface area contributed by atoms with E-state index in [-0.39, 0.29) is 33.2 Å². The zero-order valence-electron chi connectivity index (χ0n) is 34.0. The van der Waals surface area contributed by atoms with Crippen LogP contribution in [-0.2, 0) is 9.59 Å². The minimum Gasteiger partial charge on any atom is -0.389 e. The van der Waals surface area contributed by atoms with Gasteiger partial charge in [0.25, 0.3) is 0 Å². The summed E-state index contributed by atoms with van der Waals surface area (Å²) < 4.78 is 0. The zero-order chi connectivity index (χ0) is 38.0. The van der Waals surface area contributed by atoms with Crippen molar-refractivity contribution >= 4 is 11.6 Å². The molecule has 296 valence electrons. The van der Waals surface area contributed by atoms with E-state index in [1.54, 1.807) is 0 Å². The van der Waals surface area contributed by atoms with Crippen LogP contribution in [0.15, 0.2) is 0 Å². The van der Waals surface area contributed by atoms with Crippen LogP contribution in [0.2, 0.25) is 0 Å². The Morgan fingerprint density at radius 3 is 1.57 bits per heavy atom. The maximum atomic E-state index is 12.2. The molecule has 0 heterocycles. The topological polar surface area (TPSA) is 115 Å². The Labute approximate surface area is 323 Å². The fraction of sp³-hybridized carbons (Fsp3) is 0.917. The number of hydrogen-bond acceptors (Lipinski definition) is 6. The van der Waals surface area contributed by atoms with Gasteiger partial charge in [-0.3, -0.25) is 9.59 Å². The van der Waals surface area contributed by atoms with Crippen molar-refractivity contribution in [2.75, 3.05) is 0 Å². The van der Waals surface area contributed by atoms with E-state index in [1.807, 2.05) is 6.92 Å². The van der Waals surface area contributed by atoms with Gasteiger partial charge >= 0.3 is 0 Å². The van der Waals surface area contributed by atoms with Crippen molar-refractivity contribution in [3.05, 3.63) is 0 Å². The van der Waals surface area contributed by atoms with Crippen molar-refractivity contribution in [3.63, 3.8) is 0 Å². The third-order valence-electron chi connectivity index (χ3n) is 22.0. The smallest absolute Gasteiger partial charge is 0.135 e. The van der Waals surface area contributed by atoms with E-state index in [0.717, 1.165) is 76.5 Å². The highest BCUT2D eigenvalue weighted by Crippen LogP contribution is 2.83. The first-order chi connectivity index (χ1) is 25.4. The SMILES string of the molecule is CC#C[C@]1(O)C2C[C@H]2C2C3C4C[C@H]4[C@]4(O)CC(=O)CC[C@]4(C)C3CC[C@@]21C.CCC[C@]1(O)C2C[C@H]2C2C3C4C[C@H]4[C@]4(O)CC(=O)CC[C@]4(C)C3CC[C@@]21C. The second-order valence-corrected chi connectivity index (χ2v) is 23.3. The van der Waals surface area contributed by atoms with Gasteiger partial charge in [0.1, 0.15) is 17.2 Å². The van der Waals surface area contributed by atoms with Gasteiger partial charge in [0.2, 0.25) is 0 Å². The molecule has 12 fully saturated rings. The van der Waals surface area contributed by atoms with E-state index in [4.69, 9.17) is 0 Å². The quantitative estimate of drug-likeness (QED) is 0.224. The van der Waals surface area contributed by atoms with E-state index in [9.17, 15) is 30.0 Å². The van der Waals surface area contributed by atoms with Crippen molar-refractivity contribution in [2.45, 2.75) is 167 Å². The minimum absolute atomic E-state index is 0.0706. The summed E-state index contributed by atoms with van der Waals surface area (Å²) in [7, 11) is 0. The van der Waals surface area contributed by atoms with Gasteiger partial charge in [-0.05, 0) is 160 Å². The second kappa shape index (κ2) is 10.5. The summed E-state index contributed by atoms with van der Waals surface area (Å²) in [6.45, 7) is 13.4. The molecule has 12 saturated carbocycles. The van der Waals surface area contributed by atoms with Crippen molar-refractivity contribution in [1.82, 2.24) is 0 Å². The lowest BCUT2D eigenvalue weighted by molar-refractivity contribution is -0.223. The summed E-state index contributed by atoms with van der Waals surface area (Å²) in [6.07, 6.45) is 14.7. The molecule has 0 spiro atoms. The number of fused-ring (bicyclic) bond motifs is 20. The van der Waals surface area contributed by atoms with Crippen molar-refractivity contribution in [1.29, 1.82) is 0 Å². The molecule has 0 amide bonds. The first-order valence-electron chi connectivity index (χ1n) is 22.8. The number of ketones is 2. The molecule has 12 rings (SSSR count). The summed E-state index contributed by atoms with van der Waals surface area (Å²) in [5.74, 6) is 14.4. The molecule has 0 aromatic carbocycles. The Morgan fingerprint density at radius 1 is 0.593 bits per heavy atom. The molecule has 22 atom stereocenters. The van der Waals surface area contributed by atoms with E-state index < -0.39 is 22.4 Å². The zero-order valence-corrected chi connectivity index (χ0v) is 34.0. The fourth-order valence-corrected chi connectivity index (χ4v) is 19.4. The maximum Gasteiger partial charge on any atom is 0.135 e. The van der Waals surface area contributed by atoms with Crippen molar-refractivity contribution in [3.8, 4) is 11.8 Å². The van der Waals surface area contributed by atoms with Gasteiger partial charge in [-0.1, -0.05) is 47.0 Å². The number of carbonyl (C=O) groups excluding carboxylic acids is 2. The Kier molecular flexibility index (Phi) is 6.96. The average molecular weight is 741 g/mol. The standard InChI is InChI=1S/C24H36O3.C24H32O3/c2*1-4-7-23(26)18-11-15(18)20-19-14-10-17(14)24(27)12-13(25)5-8-21(24,2)16(19)6-9-22(20,23)3/h14-20,26-27H,4-12H2,1-3H3;14-20,26-27H,5-6,8-12H2,1-3H3/t2*14?,15-,16?,17-,18?,19?,20?,21-,22+,23+,24-/m11/s1. The largest absolute Gasteiger partial charge is 0.389 e. The molecule has 0 radical (unpaired) electrons. The van der Waals surface area contributed by atoms with E-state index >= 15 is 0 Å². The molecule has 10 unspecified atom stereocenters. The molecule has 6 heteroatoms. The van der Waals surface area contributed by atoms with Gasteiger partial charge in [0.05, 0.1) is 16.8 Å². The van der Waals surface area contributed by atoms with Crippen LogP contribution < -0.4 is 0 Å². The molecular formula is C48H68O6. The molecule has 6 nitrogen and oxygen atoms in total. The average Bonchev–Trinajstić information content (AvgIpc) is 3.93. The number of aliphatic hydroxyl groups is 4. The van der Waals surface area contributed by atoms with Crippen LogP contribution in [0.25, 0.3) is 0 Å². The number of Topliss-reactive ketones (excluding diaryl/α,β-unsaturated/α-hetero) is 2. The highest BCUT2D eigenvalue weighted by atomic mass is 16.3. The van der Waals surface area contributed by atoms with Gasteiger partial charge in [0, 0.05) is 47.8 Å². The van der Waals surface area contributed by atoms with Crippen molar-refractivity contribution in [2.24, 2.45) is 105 Å². The van der Waals surface area contributed by atoms with E-state index in [1.165, 1.54) is 6.42 Å². The Morgan fingerprint density at radius 2 is 1.06 bits per heavy atom. The predicted octanol–water partition coefficient (Wildman–Crippen LogP) is 7.14. The van der Waals surface area contributed by atoms with Crippen LogP contribution in [0.1, 0.15) is 144 Å². The van der Waals surface area contributed by atoms with Crippen LogP contribution in [0, 0.1) is 116 Å². The Hall–Kier alpha value is -1.26. The third-order valence-corrected chi connectivity index (χ3v) is 22.0. The van der Waals surface area contributed by atoms with Crippen LogP contribution in [0.5, 0.6) is 0 Å². The van der Waals surface area contributed by atoms with E-state index in [0.29, 0.717) is 103 Å². The summed E-state index contributed by atoms with van der Waals surface area (Å²) >= 11 is 0. The highest BCUT2D eigenvalue weighted by molar-refractivity contribution is 5.81. The molecule has 54 heavy (non-hydrogen) atoms. The lowest BCUT2D eigenvalue weighted by atomic mass is 9.42. The van der Waals surface area contributed by atoms with Gasteiger partial charge in [-0.15, -0.1) is 5.92 Å². The summed E-state index contributed by atoms with van der Waals surface area (Å²) in [6, 6.07) is 0. The van der Waals surface area contributed by atoms with Gasteiger partial charge in [-0.25, -0.2) is 0 Å². The first kappa shape index (κ1) is 35.9. The minimum atomic E-state index is -0.816. The number of hydrogen-bond donors (Lipinski definition) is 4. The predicted molar refractivity (Wildman–Crippen MR) is 204 cm³/mol. The Bertz CT molecular complexity index is 1780. The molecule has 0 saturated heterocycles. The summed E-state index contributed by atoms with van der Waals surface area (Å²) in [4.78, 5) is 24.5. The first-order valence-corrected chi connectivity index (χ1v) is 22.8. The van der Waals surface area contributed by atoms with Crippen LogP contribution in [-0.4, -0.2) is 54.4 Å². The Balaban J connectivity index is 0.000000126. The van der Waals surface area contributed by atoms with E-state index in [2.05, 4.69) is 46.5 Å². The molecule has 4 N–H and O–H groups in total.